The predicted octanol–water partition coefficient (Wildman–Crippen LogP) is 3.74. The van der Waals surface area contributed by atoms with Crippen LogP contribution in [0.1, 0.15) is 40.4 Å². The van der Waals surface area contributed by atoms with Gasteiger partial charge in [0.25, 0.3) is 5.91 Å². The Morgan fingerprint density at radius 2 is 2.08 bits per heavy atom. The van der Waals surface area contributed by atoms with Crippen molar-refractivity contribution in [3.8, 4) is 0 Å². The van der Waals surface area contributed by atoms with Crippen molar-refractivity contribution in [2.45, 2.75) is 25.3 Å². The van der Waals surface area contributed by atoms with Crippen molar-refractivity contribution in [3.05, 3.63) is 63.4 Å². The Morgan fingerprint density at radius 3 is 2.88 bits per heavy atom. The average Bonchev–Trinajstić information content (AvgIpc) is 2.62. The lowest BCUT2D eigenvalue weighted by Crippen LogP contribution is -2.34. The molecule has 1 aromatic carbocycles. The molecule has 1 N–H and O–H groups in total. The summed E-state index contributed by atoms with van der Waals surface area (Å²) in [6.45, 7) is -0.363. The Balaban J connectivity index is 1.57. The van der Waals surface area contributed by atoms with Crippen LogP contribution < -0.4 is 5.32 Å². The van der Waals surface area contributed by atoms with Crippen LogP contribution in [-0.4, -0.2) is 23.5 Å². The summed E-state index contributed by atoms with van der Waals surface area (Å²) in [5.41, 5.74) is 2.52. The van der Waals surface area contributed by atoms with Crippen molar-refractivity contribution < 1.29 is 14.3 Å². The number of nitrogens with zero attached hydrogens (tertiary/aromatic N) is 1. The van der Waals surface area contributed by atoms with Crippen molar-refractivity contribution in [2.75, 3.05) is 6.61 Å². The summed E-state index contributed by atoms with van der Waals surface area (Å²) in [5, 5.41) is 3.18. The van der Waals surface area contributed by atoms with Crippen LogP contribution in [0.2, 0.25) is 10.2 Å². The van der Waals surface area contributed by atoms with Crippen LogP contribution in [0.25, 0.3) is 0 Å². The number of carbonyl (C=O) groups excluding carboxylic acids is 2. The van der Waals surface area contributed by atoms with Gasteiger partial charge in [0.05, 0.1) is 16.6 Å². The quantitative estimate of drug-likeness (QED) is 0.649. The maximum Gasteiger partial charge on any atom is 0.340 e. The Labute approximate surface area is 155 Å². The molecular formula is C18H16Cl2N2O3. The van der Waals surface area contributed by atoms with Crippen LogP contribution in [0.15, 0.2) is 36.5 Å². The van der Waals surface area contributed by atoms with E-state index in [1.165, 1.54) is 17.8 Å². The second kappa shape index (κ2) is 7.85. The summed E-state index contributed by atoms with van der Waals surface area (Å²) < 4.78 is 5.02. The molecule has 130 valence electrons. The first-order valence-electron chi connectivity index (χ1n) is 7.90. The lowest BCUT2D eigenvalue weighted by Gasteiger charge is -2.26. The maximum absolute atomic E-state index is 12.1. The smallest absolute Gasteiger partial charge is 0.340 e. The molecule has 1 atom stereocenters. The molecule has 0 bridgehead atoms. The number of pyridine rings is 1. The minimum atomic E-state index is -0.676. The number of hydrogen-bond acceptors (Lipinski definition) is 4. The fourth-order valence-corrected chi connectivity index (χ4v) is 3.16. The zero-order valence-electron chi connectivity index (χ0n) is 13.3. The Bertz CT molecular complexity index is 811. The molecule has 0 spiro atoms. The minimum absolute atomic E-state index is 0.0530. The third-order valence-corrected chi connectivity index (χ3v) is 4.76. The van der Waals surface area contributed by atoms with Crippen LogP contribution in [-0.2, 0) is 16.0 Å². The SMILES string of the molecule is O=C(COC(=O)c1cnc(Cl)c(Cl)c1)NC1CCCc2ccccc21. The van der Waals surface area contributed by atoms with Gasteiger partial charge in [-0.05, 0) is 36.5 Å². The average molecular weight is 379 g/mol. The molecule has 1 heterocycles. The van der Waals surface area contributed by atoms with Crippen LogP contribution >= 0.6 is 23.2 Å². The van der Waals surface area contributed by atoms with Crippen molar-refractivity contribution in [2.24, 2.45) is 0 Å². The minimum Gasteiger partial charge on any atom is -0.452 e. The van der Waals surface area contributed by atoms with Gasteiger partial charge in [-0.1, -0.05) is 47.5 Å². The fraction of sp³-hybridized carbons (Fsp3) is 0.278. The van der Waals surface area contributed by atoms with Crippen molar-refractivity contribution >= 4 is 35.1 Å². The van der Waals surface area contributed by atoms with Gasteiger partial charge < -0.3 is 10.1 Å². The van der Waals surface area contributed by atoms with Crippen LogP contribution in [0, 0.1) is 0 Å². The van der Waals surface area contributed by atoms with Gasteiger partial charge in [-0.3, -0.25) is 4.79 Å². The Hall–Kier alpha value is -2.11. The molecule has 1 unspecified atom stereocenters. The highest BCUT2D eigenvalue weighted by atomic mass is 35.5. The Kier molecular flexibility index (Phi) is 5.56. The number of aryl methyl sites for hydroxylation is 1. The van der Waals surface area contributed by atoms with E-state index in [0.29, 0.717) is 0 Å². The summed E-state index contributed by atoms with van der Waals surface area (Å²) in [7, 11) is 0. The number of halogens is 2. The van der Waals surface area contributed by atoms with Gasteiger partial charge in [0.2, 0.25) is 0 Å². The van der Waals surface area contributed by atoms with E-state index in [9.17, 15) is 9.59 Å². The van der Waals surface area contributed by atoms with Crippen LogP contribution in [0.4, 0.5) is 0 Å². The molecule has 3 rings (SSSR count). The molecule has 25 heavy (non-hydrogen) atoms. The number of amides is 1. The fourth-order valence-electron chi connectivity index (χ4n) is 2.89. The normalized spacial score (nSPS) is 16.0. The monoisotopic (exact) mass is 378 g/mol. The molecule has 0 fully saturated rings. The number of carbonyl (C=O) groups is 2. The summed E-state index contributed by atoms with van der Waals surface area (Å²) in [6, 6.07) is 9.35. The number of benzene rings is 1. The first-order chi connectivity index (χ1) is 12.0. The first kappa shape index (κ1) is 17.7. The topological polar surface area (TPSA) is 68.3 Å². The van der Waals surface area contributed by atoms with E-state index < -0.39 is 5.97 Å². The molecule has 0 saturated heterocycles. The molecule has 0 aliphatic heterocycles. The van der Waals surface area contributed by atoms with Crippen molar-refractivity contribution in [1.82, 2.24) is 10.3 Å². The van der Waals surface area contributed by atoms with Gasteiger partial charge in [-0.2, -0.15) is 0 Å². The summed E-state index contributed by atoms with van der Waals surface area (Å²) >= 11 is 11.5. The van der Waals surface area contributed by atoms with Crippen LogP contribution in [0.3, 0.4) is 0 Å². The van der Waals surface area contributed by atoms with Gasteiger partial charge in [-0.25, -0.2) is 9.78 Å². The summed E-state index contributed by atoms with van der Waals surface area (Å²) in [5.74, 6) is -1.02. The van der Waals surface area contributed by atoms with Gasteiger partial charge in [0.15, 0.2) is 6.61 Å². The highest BCUT2D eigenvalue weighted by Crippen LogP contribution is 2.29. The van der Waals surface area contributed by atoms with Gasteiger partial charge >= 0.3 is 5.97 Å². The molecule has 5 nitrogen and oxygen atoms in total. The number of nitrogens with one attached hydrogen (secondary N) is 1. The number of aromatic nitrogens is 1. The zero-order chi connectivity index (χ0) is 17.8. The Morgan fingerprint density at radius 1 is 1.28 bits per heavy atom. The van der Waals surface area contributed by atoms with Gasteiger partial charge in [0, 0.05) is 6.20 Å². The standard InChI is InChI=1S/C18H16Cl2N2O3/c19-14-8-12(9-21-17(14)20)18(24)25-10-16(23)22-15-7-3-5-11-4-1-2-6-13(11)15/h1-2,4,6,8-9,15H,3,5,7,10H2,(H,22,23). The number of ether oxygens (including phenoxy) is 1. The van der Waals surface area contributed by atoms with Gasteiger partial charge in [0.1, 0.15) is 5.15 Å². The van der Waals surface area contributed by atoms with E-state index in [-0.39, 0.29) is 34.3 Å². The van der Waals surface area contributed by atoms with E-state index in [1.807, 2.05) is 18.2 Å². The largest absolute Gasteiger partial charge is 0.452 e. The lowest BCUT2D eigenvalue weighted by molar-refractivity contribution is -0.125. The van der Waals surface area contributed by atoms with Crippen molar-refractivity contribution in [3.63, 3.8) is 0 Å². The number of rotatable bonds is 4. The molecule has 0 radical (unpaired) electrons. The summed E-state index contributed by atoms with van der Waals surface area (Å²) in [6.07, 6.45) is 4.15. The highest BCUT2D eigenvalue weighted by Gasteiger charge is 2.22. The number of hydrogen-bond donors (Lipinski definition) is 1. The maximum atomic E-state index is 12.1. The second-order valence-corrected chi connectivity index (χ2v) is 6.55. The van der Waals surface area contributed by atoms with E-state index in [0.717, 1.165) is 24.8 Å². The molecule has 1 aliphatic rings. The third kappa shape index (κ3) is 4.30. The molecular weight excluding hydrogens is 363 g/mol. The second-order valence-electron chi connectivity index (χ2n) is 5.78. The van der Waals surface area contributed by atoms with Crippen molar-refractivity contribution in [1.29, 1.82) is 0 Å². The predicted molar refractivity (Wildman–Crippen MR) is 94.8 cm³/mol. The molecule has 1 aliphatic carbocycles. The molecule has 1 aromatic heterocycles. The number of esters is 1. The van der Waals surface area contributed by atoms with E-state index in [1.54, 1.807) is 0 Å². The zero-order valence-corrected chi connectivity index (χ0v) is 14.8. The molecule has 1 amide bonds. The van der Waals surface area contributed by atoms with E-state index >= 15 is 0 Å². The van der Waals surface area contributed by atoms with E-state index in [2.05, 4.69) is 16.4 Å². The van der Waals surface area contributed by atoms with Gasteiger partial charge in [-0.15, -0.1) is 0 Å². The lowest BCUT2D eigenvalue weighted by atomic mass is 9.88. The molecule has 2 aromatic rings. The molecule has 0 saturated carbocycles. The molecule has 7 heteroatoms. The first-order valence-corrected chi connectivity index (χ1v) is 8.65. The number of fused-ring (bicyclic) bond motifs is 1. The van der Waals surface area contributed by atoms with E-state index in [4.69, 9.17) is 27.9 Å². The summed E-state index contributed by atoms with van der Waals surface area (Å²) in [4.78, 5) is 27.9. The van der Waals surface area contributed by atoms with Crippen LogP contribution in [0.5, 0.6) is 0 Å². The highest BCUT2D eigenvalue weighted by molar-refractivity contribution is 6.41. The third-order valence-electron chi connectivity index (χ3n) is 4.07.